The number of esters is 1. The standard InChI is InChI=1S/C58H107NO5/c1-4-7-10-13-16-19-21-23-25-27-28-30-32-34-36-39-42-45-48-51-58(63)64-54(49-46-43-40-38-35-33-31-29-26-24-22-20-17-14-11-8-5-2)52-57(62)59-55(53-60)56(61)50-47-44-41-37-18-15-12-9-6-3/h17,20,24,26,31,33,38,40,54-56,60-61H,4-16,18-19,21-23,25,27-30,32,34-37,39,41-53H2,1-3H3,(H,59,62)/b20-17-,26-24-,33-31-,40-38-. The monoisotopic (exact) mass is 898 g/mol. The summed E-state index contributed by atoms with van der Waals surface area (Å²) in [7, 11) is 0. The van der Waals surface area contributed by atoms with Crippen LogP contribution in [0, 0.1) is 0 Å². The number of carbonyl (C=O) groups is 2. The minimum absolute atomic E-state index is 0.0425. The van der Waals surface area contributed by atoms with E-state index in [0.29, 0.717) is 19.3 Å². The predicted octanol–water partition coefficient (Wildman–Crippen LogP) is 17.0. The molecule has 0 aliphatic heterocycles. The van der Waals surface area contributed by atoms with Gasteiger partial charge in [-0.3, -0.25) is 9.59 Å². The van der Waals surface area contributed by atoms with Crippen LogP contribution >= 0.6 is 0 Å². The highest BCUT2D eigenvalue weighted by Crippen LogP contribution is 2.18. The van der Waals surface area contributed by atoms with Gasteiger partial charge in [0.15, 0.2) is 0 Å². The summed E-state index contributed by atoms with van der Waals surface area (Å²) < 4.78 is 5.93. The van der Waals surface area contributed by atoms with Gasteiger partial charge >= 0.3 is 5.97 Å². The van der Waals surface area contributed by atoms with Gasteiger partial charge in [0.25, 0.3) is 0 Å². The van der Waals surface area contributed by atoms with Crippen molar-refractivity contribution in [3.8, 4) is 0 Å². The molecule has 3 atom stereocenters. The molecule has 64 heavy (non-hydrogen) atoms. The molecular formula is C58H107NO5. The number of allylic oxidation sites excluding steroid dienone is 8. The number of unbranched alkanes of at least 4 members (excludes halogenated alkanes) is 30. The van der Waals surface area contributed by atoms with Gasteiger partial charge in [-0.15, -0.1) is 0 Å². The van der Waals surface area contributed by atoms with Crippen LogP contribution in [-0.4, -0.2) is 46.9 Å². The zero-order valence-corrected chi connectivity index (χ0v) is 42.7. The fourth-order valence-electron chi connectivity index (χ4n) is 8.42. The molecule has 0 aliphatic carbocycles. The molecule has 0 aromatic heterocycles. The number of hydrogen-bond donors (Lipinski definition) is 3. The summed E-state index contributed by atoms with van der Waals surface area (Å²) in [5.41, 5.74) is 0. The maximum atomic E-state index is 13.2. The van der Waals surface area contributed by atoms with Crippen molar-refractivity contribution in [2.24, 2.45) is 0 Å². The number of hydrogen-bond acceptors (Lipinski definition) is 5. The second-order valence-corrected chi connectivity index (χ2v) is 19.0. The van der Waals surface area contributed by atoms with Crippen LogP contribution in [0.5, 0.6) is 0 Å². The highest BCUT2D eigenvalue weighted by Gasteiger charge is 2.24. The van der Waals surface area contributed by atoms with Crippen LogP contribution in [-0.2, 0) is 14.3 Å². The van der Waals surface area contributed by atoms with Crippen molar-refractivity contribution in [2.75, 3.05) is 6.61 Å². The van der Waals surface area contributed by atoms with E-state index in [0.717, 1.165) is 70.6 Å². The largest absolute Gasteiger partial charge is 0.462 e. The minimum atomic E-state index is -0.800. The molecule has 374 valence electrons. The zero-order valence-electron chi connectivity index (χ0n) is 42.7. The number of rotatable bonds is 50. The van der Waals surface area contributed by atoms with Crippen LogP contribution in [0.2, 0.25) is 0 Å². The van der Waals surface area contributed by atoms with Gasteiger partial charge in [-0.05, 0) is 64.2 Å². The summed E-state index contributed by atoms with van der Waals surface area (Å²) in [6.07, 6.45) is 63.3. The Hall–Kier alpha value is -2.18. The van der Waals surface area contributed by atoms with E-state index in [-0.39, 0.29) is 24.9 Å². The SMILES string of the molecule is CCCCC/C=C\C/C=C\C/C=C\C/C=C\CCCC(CC(=O)NC(CO)C(O)CCCCCCCCCCC)OC(=O)CCCCCCCCCCCCCCCCCCCCC. The van der Waals surface area contributed by atoms with Gasteiger partial charge in [-0.1, -0.05) is 256 Å². The summed E-state index contributed by atoms with van der Waals surface area (Å²) in [5, 5.41) is 23.7. The smallest absolute Gasteiger partial charge is 0.306 e. The van der Waals surface area contributed by atoms with E-state index < -0.39 is 18.2 Å². The van der Waals surface area contributed by atoms with Crippen molar-refractivity contribution >= 4 is 11.9 Å². The molecule has 0 saturated heterocycles. The van der Waals surface area contributed by atoms with Gasteiger partial charge in [0.1, 0.15) is 6.10 Å². The topological polar surface area (TPSA) is 95.9 Å². The molecule has 0 heterocycles. The van der Waals surface area contributed by atoms with Crippen molar-refractivity contribution < 1.29 is 24.5 Å². The Morgan fingerprint density at radius 1 is 0.453 bits per heavy atom. The Kier molecular flexibility index (Phi) is 50.0. The Morgan fingerprint density at radius 2 is 0.812 bits per heavy atom. The number of amides is 1. The van der Waals surface area contributed by atoms with Gasteiger partial charge in [0, 0.05) is 6.42 Å². The molecular weight excluding hydrogens is 791 g/mol. The molecule has 0 fully saturated rings. The van der Waals surface area contributed by atoms with Crippen LogP contribution in [0.4, 0.5) is 0 Å². The molecule has 3 N–H and O–H groups in total. The molecule has 0 aromatic carbocycles. The van der Waals surface area contributed by atoms with Crippen LogP contribution in [0.15, 0.2) is 48.6 Å². The average molecular weight is 898 g/mol. The van der Waals surface area contributed by atoms with E-state index in [4.69, 9.17) is 4.74 Å². The number of carbonyl (C=O) groups excluding carboxylic acids is 2. The quantitative estimate of drug-likeness (QED) is 0.0321. The van der Waals surface area contributed by atoms with Gasteiger partial charge < -0.3 is 20.3 Å². The molecule has 6 nitrogen and oxygen atoms in total. The molecule has 0 aromatic rings. The minimum Gasteiger partial charge on any atom is -0.462 e. The number of ether oxygens (including phenoxy) is 1. The molecule has 0 radical (unpaired) electrons. The van der Waals surface area contributed by atoms with Gasteiger partial charge in [-0.2, -0.15) is 0 Å². The Morgan fingerprint density at radius 3 is 1.23 bits per heavy atom. The van der Waals surface area contributed by atoms with E-state index in [1.807, 2.05) is 0 Å². The van der Waals surface area contributed by atoms with Crippen LogP contribution < -0.4 is 5.32 Å². The molecule has 0 bridgehead atoms. The average Bonchev–Trinajstić information content (AvgIpc) is 3.29. The lowest BCUT2D eigenvalue weighted by Crippen LogP contribution is -2.46. The lowest BCUT2D eigenvalue weighted by atomic mass is 10.0. The first-order valence-corrected chi connectivity index (χ1v) is 27.9. The predicted molar refractivity (Wildman–Crippen MR) is 278 cm³/mol. The molecule has 0 spiro atoms. The number of aliphatic hydroxyl groups is 2. The second kappa shape index (κ2) is 51.8. The van der Waals surface area contributed by atoms with Crippen molar-refractivity contribution in [3.63, 3.8) is 0 Å². The molecule has 0 rings (SSSR count). The van der Waals surface area contributed by atoms with Crippen LogP contribution in [0.1, 0.15) is 284 Å². The van der Waals surface area contributed by atoms with E-state index in [1.54, 1.807) is 0 Å². The zero-order chi connectivity index (χ0) is 46.7. The van der Waals surface area contributed by atoms with Gasteiger partial charge in [0.05, 0.1) is 25.2 Å². The fourth-order valence-corrected chi connectivity index (χ4v) is 8.42. The molecule has 0 aliphatic rings. The first-order valence-electron chi connectivity index (χ1n) is 27.9. The van der Waals surface area contributed by atoms with E-state index in [1.165, 1.54) is 167 Å². The lowest BCUT2D eigenvalue weighted by Gasteiger charge is -2.24. The Balaban J connectivity index is 4.59. The van der Waals surface area contributed by atoms with Crippen molar-refractivity contribution in [2.45, 2.75) is 302 Å². The highest BCUT2D eigenvalue weighted by molar-refractivity contribution is 5.77. The molecule has 1 amide bonds. The fraction of sp³-hybridized carbons (Fsp3) is 0.828. The summed E-state index contributed by atoms with van der Waals surface area (Å²) in [6, 6.07) is -0.717. The third-order valence-electron chi connectivity index (χ3n) is 12.7. The molecule has 6 heteroatoms. The summed E-state index contributed by atoms with van der Waals surface area (Å²) in [6.45, 7) is 6.44. The Bertz CT molecular complexity index is 1100. The van der Waals surface area contributed by atoms with Crippen molar-refractivity contribution in [1.29, 1.82) is 0 Å². The second-order valence-electron chi connectivity index (χ2n) is 19.0. The van der Waals surface area contributed by atoms with Crippen LogP contribution in [0.3, 0.4) is 0 Å². The Labute approximate surface area is 397 Å². The molecule has 0 saturated carbocycles. The van der Waals surface area contributed by atoms with Crippen molar-refractivity contribution in [3.05, 3.63) is 48.6 Å². The first kappa shape index (κ1) is 61.8. The van der Waals surface area contributed by atoms with Crippen LogP contribution in [0.25, 0.3) is 0 Å². The van der Waals surface area contributed by atoms with Crippen molar-refractivity contribution in [1.82, 2.24) is 5.32 Å². The van der Waals surface area contributed by atoms with E-state index in [9.17, 15) is 19.8 Å². The highest BCUT2D eigenvalue weighted by atomic mass is 16.5. The number of aliphatic hydroxyl groups excluding tert-OH is 2. The van der Waals surface area contributed by atoms with Gasteiger partial charge in [-0.25, -0.2) is 0 Å². The summed E-state index contributed by atoms with van der Waals surface area (Å²) in [5.74, 6) is -0.518. The maximum absolute atomic E-state index is 13.2. The third kappa shape index (κ3) is 46.4. The summed E-state index contributed by atoms with van der Waals surface area (Å²) >= 11 is 0. The first-order chi connectivity index (χ1) is 31.5. The summed E-state index contributed by atoms with van der Waals surface area (Å²) in [4.78, 5) is 26.2. The normalized spacial score (nSPS) is 13.5. The maximum Gasteiger partial charge on any atom is 0.306 e. The lowest BCUT2D eigenvalue weighted by molar-refractivity contribution is -0.151. The van der Waals surface area contributed by atoms with Gasteiger partial charge in [0.2, 0.25) is 5.91 Å². The molecule has 3 unspecified atom stereocenters. The van der Waals surface area contributed by atoms with E-state index >= 15 is 0 Å². The third-order valence-corrected chi connectivity index (χ3v) is 12.7. The van der Waals surface area contributed by atoms with E-state index in [2.05, 4.69) is 74.7 Å². The number of nitrogens with one attached hydrogen (secondary N) is 1.